The standard InChI is InChI=1S/C12H17N5OS/c1-8-4-5-11(19-8)16-12(18)15-9(2)10(3)17-7-13-6-14-17/h4-7,9-10H,1-3H3,(H2,15,16,18). The van der Waals surface area contributed by atoms with Crippen molar-refractivity contribution in [3.05, 3.63) is 29.7 Å². The lowest BCUT2D eigenvalue weighted by molar-refractivity contribution is 0.244. The summed E-state index contributed by atoms with van der Waals surface area (Å²) in [5.41, 5.74) is 0. The largest absolute Gasteiger partial charge is 0.333 e. The van der Waals surface area contributed by atoms with Gasteiger partial charge in [0, 0.05) is 10.9 Å². The van der Waals surface area contributed by atoms with E-state index in [1.54, 1.807) is 22.3 Å². The van der Waals surface area contributed by atoms with E-state index in [4.69, 9.17) is 0 Å². The summed E-state index contributed by atoms with van der Waals surface area (Å²) in [5, 5.41) is 10.6. The molecular formula is C12H17N5OS. The molecule has 0 spiro atoms. The zero-order valence-corrected chi connectivity index (χ0v) is 11.9. The van der Waals surface area contributed by atoms with Crippen molar-refractivity contribution < 1.29 is 4.79 Å². The van der Waals surface area contributed by atoms with Crippen LogP contribution in [0, 0.1) is 6.92 Å². The molecule has 2 aromatic rings. The highest BCUT2D eigenvalue weighted by atomic mass is 32.1. The molecule has 2 atom stereocenters. The molecular weight excluding hydrogens is 262 g/mol. The maximum atomic E-state index is 11.8. The number of nitrogens with zero attached hydrogens (tertiary/aromatic N) is 3. The van der Waals surface area contributed by atoms with Gasteiger partial charge in [-0.1, -0.05) is 0 Å². The van der Waals surface area contributed by atoms with Crippen molar-refractivity contribution in [3.63, 3.8) is 0 Å². The molecule has 0 aliphatic rings. The van der Waals surface area contributed by atoms with Crippen LogP contribution in [0.25, 0.3) is 0 Å². The lowest BCUT2D eigenvalue weighted by Gasteiger charge is -2.21. The molecule has 2 aromatic heterocycles. The third-order valence-corrected chi connectivity index (χ3v) is 3.83. The number of hydrogen-bond acceptors (Lipinski definition) is 4. The van der Waals surface area contributed by atoms with Crippen molar-refractivity contribution in [2.24, 2.45) is 0 Å². The molecule has 0 radical (unpaired) electrons. The van der Waals surface area contributed by atoms with Crippen molar-refractivity contribution in [2.75, 3.05) is 5.32 Å². The Balaban J connectivity index is 1.88. The van der Waals surface area contributed by atoms with Crippen LogP contribution in [0.2, 0.25) is 0 Å². The molecule has 2 N–H and O–H groups in total. The van der Waals surface area contributed by atoms with Gasteiger partial charge in [0.15, 0.2) is 0 Å². The van der Waals surface area contributed by atoms with E-state index in [1.165, 1.54) is 11.2 Å². The Labute approximate surface area is 115 Å². The van der Waals surface area contributed by atoms with E-state index in [9.17, 15) is 4.79 Å². The number of anilines is 1. The van der Waals surface area contributed by atoms with Crippen LogP contribution < -0.4 is 10.6 Å². The predicted molar refractivity (Wildman–Crippen MR) is 75.4 cm³/mol. The zero-order valence-electron chi connectivity index (χ0n) is 11.1. The second-order valence-corrected chi connectivity index (χ2v) is 5.70. The molecule has 19 heavy (non-hydrogen) atoms. The van der Waals surface area contributed by atoms with Gasteiger partial charge in [0.05, 0.1) is 11.0 Å². The van der Waals surface area contributed by atoms with Crippen LogP contribution in [0.1, 0.15) is 24.8 Å². The Hall–Kier alpha value is -1.89. The molecule has 0 aromatic carbocycles. The van der Waals surface area contributed by atoms with Crippen LogP contribution in [-0.2, 0) is 0 Å². The fraction of sp³-hybridized carbons (Fsp3) is 0.417. The maximum absolute atomic E-state index is 11.8. The van der Waals surface area contributed by atoms with Gasteiger partial charge >= 0.3 is 6.03 Å². The van der Waals surface area contributed by atoms with Crippen LogP contribution >= 0.6 is 11.3 Å². The number of thiophene rings is 1. The number of urea groups is 1. The van der Waals surface area contributed by atoms with Gasteiger partial charge in [0.1, 0.15) is 12.7 Å². The van der Waals surface area contributed by atoms with Crippen molar-refractivity contribution in [3.8, 4) is 0 Å². The Morgan fingerprint density at radius 1 is 1.42 bits per heavy atom. The summed E-state index contributed by atoms with van der Waals surface area (Å²) in [6.07, 6.45) is 3.13. The van der Waals surface area contributed by atoms with Gasteiger partial charge in [-0.3, -0.25) is 5.32 Å². The normalized spacial score (nSPS) is 13.8. The van der Waals surface area contributed by atoms with Gasteiger partial charge in [0.2, 0.25) is 0 Å². The van der Waals surface area contributed by atoms with Crippen LogP contribution in [-0.4, -0.2) is 26.8 Å². The average molecular weight is 279 g/mol. The van der Waals surface area contributed by atoms with Crippen LogP contribution in [0.5, 0.6) is 0 Å². The Morgan fingerprint density at radius 2 is 2.21 bits per heavy atom. The molecule has 0 saturated carbocycles. The third-order valence-electron chi connectivity index (χ3n) is 2.91. The molecule has 0 fully saturated rings. The van der Waals surface area contributed by atoms with Gasteiger partial charge in [-0.2, -0.15) is 5.10 Å². The number of carbonyl (C=O) groups excluding carboxylic acids is 1. The van der Waals surface area contributed by atoms with Crippen LogP contribution in [0.15, 0.2) is 24.8 Å². The molecule has 0 aliphatic heterocycles. The van der Waals surface area contributed by atoms with Crippen molar-refractivity contribution in [1.29, 1.82) is 0 Å². The first kappa shape index (κ1) is 13.5. The van der Waals surface area contributed by atoms with Gasteiger partial charge in [0.25, 0.3) is 0 Å². The van der Waals surface area contributed by atoms with Crippen molar-refractivity contribution in [1.82, 2.24) is 20.1 Å². The fourth-order valence-corrected chi connectivity index (χ4v) is 2.40. The van der Waals surface area contributed by atoms with E-state index in [1.807, 2.05) is 32.9 Å². The van der Waals surface area contributed by atoms with Gasteiger partial charge in [-0.15, -0.1) is 11.3 Å². The molecule has 2 amide bonds. The van der Waals surface area contributed by atoms with Gasteiger partial charge in [-0.25, -0.2) is 14.5 Å². The highest BCUT2D eigenvalue weighted by Crippen LogP contribution is 2.20. The number of hydrogen-bond donors (Lipinski definition) is 2. The summed E-state index contributed by atoms with van der Waals surface area (Å²) in [6, 6.07) is 3.65. The predicted octanol–water partition coefficient (Wildman–Crippen LogP) is 2.42. The number of carbonyl (C=O) groups is 1. The fourth-order valence-electron chi connectivity index (χ4n) is 1.63. The molecule has 7 heteroatoms. The minimum Gasteiger partial charge on any atom is -0.333 e. The lowest BCUT2D eigenvalue weighted by atomic mass is 10.2. The van der Waals surface area contributed by atoms with E-state index in [2.05, 4.69) is 20.7 Å². The highest BCUT2D eigenvalue weighted by molar-refractivity contribution is 7.16. The SMILES string of the molecule is Cc1ccc(NC(=O)NC(C)C(C)n2cncn2)s1. The molecule has 2 rings (SSSR count). The van der Waals surface area contributed by atoms with Crippen LogP contribution in [0.3, 0.4) is 0 Å². The molecule has 6 nitrogen and oxygen atoms in total. The second kappa shape index (κ2) is 5.83. The summed E-state index contributed by atoms with van der Waals surface area (Å²) in [6.45, 7) is 5.92. The van der Waals surface area contributed by atoms with E-state index in [0.29, 0.717) is 0 Å². The molecule has 0 aliphatic carbocycles. The molecule has 0 bridgehead atoms. The quantitative estimate of drug-likeness (QED) is 0.902. The highest BCUT2D eigenvalue weighted by Gasteiger charge is 2.17. The van der Waals surface area contributed by atoms with Gasteiger partial charge < -0.3 is 5.32 Å². The topological polar surface area (TPSA) is 71.8 Å². The number of nitrogens with one attached hydrogen (secondary N) is 2. The van der Waals surface area contributed by atoms with E-state index in [0.717, 1.165) is 5.00 Å². The lowest BCUT2D eigenvalue weighted by Crippen LogP contribution is -2.40. The minimum atomic E-state index is -0.207. The van der Waals surface area contributed by atoms with E-state index < -0.39 is 0 Å². The molecule has 0 saturated heterocycles. The first-order chi connectivity index (χ1) is 9.06. The second-order valence-electron chi connectivity index (χ2n) is 4.41. The first-order valence-electron chi connectivity index (χ1n) is 6.04. The summed E-state index contributed by atoms with van der Waals surface area (Å²) in [7, 11) is 0. The number of rotatable bonds is 4. The monoisotopic (exact) mass is 279 g/mol. The Kier molecular flexibility index (Phi) is 4.16. The summed E-state index contributed by atoms with van der Waals surface area (Å²) >= 11 is 1.55. The summed E-state index contributed by atoms with van der Waals surface area (Å²) < 4.78 is 1.72. The number of aryl methyl sites for hydroxylation is 1. The van der Waals surface area contributed by atoms with Crippen molar-refractivity contribution >= 4 is 22.4 Å². The molecule has 2 heterocycles. The van der Waals surface area contributed by atoms with E-state index in [-0.39, 0.29) is 18.1 Å². The van der Waals surface area contributed by atoms with Crippen molar-refractivity contribution in [2.45, 2.75) is 32.9 Å². The minimum absolute atomic E-state index is 0.0401. The Bertz CT molecular complexity index is 536. The van der Waals surface area contributed by atoms with Gasteiger partial charge in [-0.05, 0) is 32.9 Å². The Morgan fingerprint density at radius 3 is 2.79 bits per heavy atom. The summed E-state index contributed by atoms with van der Waals surface area (Å²) in [4.78, 5) is 16.9. The van der Waals surface area contributed by atoms with E-state index >= 15 is 0 Å². The zero-order chi connectivity index (χ0) is 13.8. The first-order valence-corrected chi connectivity index (χ1v) is 6.86. The third kappa shape index (κ3) is 3.54. The smallest absolute Gasteiger partial charge is 0.320 e. The molecule has 2 unspecified atom stereocenters. The number of amides is 2. The molecule has 102 valence electrons. The average Bonchev–Trinajstić information content (AvgIpc) is 2.99. The maximum Gasteiger partial charge on any atom is 0.320 e. The number of aromatic nitrogens is 3. The summed E-state index contributed by atoms with van der Waals surface area (Å²) in [5.74, 6) is 0. The van der Waals surface area contributed by atoms with Crippen LogP contribution in [0.4, 0.5) is 9.80 Å².